The van der Waals surface area contributed by atoms with Gasteiger partial charge in [0.25, 0.3) is 0 Å². The first-order valence-corrected chi connectivity index (χ1v) is 13.0. The molecule has 2 heterocycles. The highest BCUT2D eigenvalue weighted by Crippen LogP contribution is 2.37. The Bertz CT molecular complexity index is 1200. The summed E-state index contributed by atoms with van der Waals surface area (Å²) in [5, 5.41) is 8.67. The normalized spacial score (nSPS) is 14.9. The number of hydrogen-bond acceptors (Lipinski definition) is 7. The number of esters is 1. The van der Waals surface area contributed by atoms with Gasteiger partial charge >= 0.3 is 5.97 Å². The number of hydrogen-bond donors (Lipinski definition) is 1. The van der Waals surface area contributed by atoms with Crippen LogP contribution in [-0.2, 0) is 16.1 Å². The van der Waals surface area contributed by atoms with Crippen molar-refractivity contribution in [2.45, 2.75) is 58.3 Å². The lowest BCUT2D eigenvalue weighted by Gasteiger charge is -2.28. The number of aromatic nitrogens is 3. The van der Waals surface area contributed by atoms with Crippen LogP contribution in [0.4, 0.5) is 5.95 Å². The molecule has 0 bridgehead atoms. The predicted octanol–water partition coefficient (Wildman–Crippen LogP) is 5.91. The smallest absolute Gasteiger partial charge is 0.338 e. The lowest BCUT2D eigenvalue weighted by Crippen LogP contribution is -2.29. The topological polar surface area (TPSA) is 78.3 Å². The van der Waals surface area contributed by atoms with Crippen molar-refractivity contribution in [3.63, 3.8) is 0 Å². The number of thioether (sulfide) groups is 1. The molecule has 8 heteroatoms. The second-order valence-corrected chi connectivity index (χ2v) is 9.56. The third-order valence-corrected chi connectivity index (χ3v) is 6.82. The molecule has 3 aromatic rings. The van der Waals surface area contributed by atoms with Crippen LogP contribution in [0.25, 0.3) is 0 Å². The van der Waals surface area contributed by atoms with E-state index in [-0.39, 0.29) is 5.97 Å². The highest BCUT2D eigenvalue weighted by molar-refractivity contribution is 7.99. The van der Waals surface area contributed by atoms with Crippen LogP contribution < -0.4 is 10.1 Å². The lowest BCUT2D eigenvalue weighted by atomic mass is 9.96. The number of benzene rings is 2. The predicted molar refractivity (Wildman–Crippen MR) is 139 cm³/mol. The summed E-state index contributed by atoms with van der Waals surface area (Å²) in [6.45, 7) is 8.93. The zero-order chi connectivity index (χ0) is 24.8. The Morgan fingerprint density at radius 2 is 1.86 bits per heavy atom. The van der Waals surface area contributed by atoms with Gasteiger partial charge in [-0.15, -0.1) is 5.10 Å². The summed E-state index contributed by atoms with van der Waals surface area (Å²) in [6.07, 6.45) is 1.79. The van der Waals surface area contributed by atoms with Crippen LogP contribution in [-0.4, -0.2) is 33.1 Å². The molecule has 0 saturated carbocycles. The van der Waals surface area contributed by atoms with Gasteiger partial charge in [0.15, 0.2) is 0 Å². The quantitative estimate of drug-likeness (QED) is 0.278. The highest BCUT2D eigenvalue weighted by Gasteiger charge is 2.35. The maximum Gasteiger partial charge on any atom is 0.338 e. The van der Waals surface area contributed by atoms with Crippen LogP contribution in [0, 0.1) is 6.92 Å². The molecule has 1 atom stereocenters. The molecule has 0 aliphatic carbocycles. The molecule has 0 radical (unpaired) electrons. The van der Waals surface area contributed by atoms with E-state index in [0.717, 1.165) is 41.2 Å². The Morgan fingerprint density at radius 1 is 1.09 bits per heavy atom. The number of ether oxygens (including phenoxy) is 2. The van der Waals surface area contributed by atoms with Crippen LogP contribution in [0.3, 0.4) is 0 Å². The van der Waals surface area contributed by atoms with Crippen molar-refractivity contribution in [2.75, 3.05) is 17.7 Å². The van der Waals surface area contributed by atoms with Gasteiger partial charge in [0.05, 0.1) is 12.2 Å². The number of allylic oxidation sites excluding steroid dienone is 1. The van der Waals surface area contributed by atoms with Gasteiger partial charge in [-0.25, -0.2) is 9.48 Å². The van der Waals surface area contributed by atoms with E-state index in [1.54, 1.807) is 16.4 Å². The van der Waals surface area contributed by atoms with Crippen molar-refractivity contribution in [2.24, 2.45) is 0 Å². The molecule has 1 aliphatic heterocycles. The zero-order valence-corrected chi connectivity index (χ0v) is 21.5. The van der Waals surface area contributed by atoms with E-state index in [1.807, 2.05) is 50.2 Å². The minimum atomic E-state index is -0.440. The van der Waals surface area contributed by atoms with Crippen LogP contribution in [0.2, 0.25) is 0 Å². The second kappa shape index (κ2) is 11.4. The molecule has 0 spiro atoms. The SMILES string of the molecule is CCCOC(=O)C1=C(C)Nc2nc(SCCC)nn2C1c1ccc(OCc2ccccc2C)cc1. The van der Waals surface area contributed by atoms with Crippen molar-refractivity contribution >= 4 is 23.7 Å². The molecule has 1 aliphatic rings. The summed E-state index contributed by atoms with van der Waals surface area (Å²) < 4.78 is 13.3. The van der Waals surface area contributed by atoms with Crippen LogP contribution in [0.5, 0.6) is 5.75 Å². The van der Waals surface area contributed by atoms with Crippen molar-refractivity contribution < 1.29 is 14.3 Å². The van der Waals surface area contributed by atoms with Gasteiger partial charge in [0.2, 0.25) is 11.1 Å². The number of carbonyl (C=O) groups excluding carboxylic acids is 1. The van der Waals surface area contributed by atoms with Crippen LogP contribution in [0.15, 0.2) is 65.0 Å². The van der Waals surface area contributed by atoms with E-state index in [4.69, 9.17) is 14.6 Å². The molecule has 184 valence electrons. The molecule has 7 nitrogen and oxygen atoms in total. The van der Waals surface area contributed by atoms with Crippen LogP contribution in [0.1, 0.15) is 56.3 Å². The maximum absolute atomic E-state index is 13.1. The Kier molecular flexibility index (Phi) is 8.13. The molecule has 2 aromatic carbocycles. The number of anilines is 1. The van der Waals surface area contributed by atoms with Crippen molar-refractivity contribution in [3.05, 3.63) is 76.5 Å². The van der Waals surface area contributed by atoms with E-state index >= 15 is 0 Å². The molecule has 4 rings (SSSR count). The fourth-order valence-corrected chi connectivity index (χ4v) is 4.59. The molecule has 35 heavy (non-hydrogen) atoms. The molecule has 0 fully saturated rings. The first-order valence-electron chi connectivity index (χ1n) is 12.0. The van der Waals surface area contributed by atoms with Crippen molar-refractivity contribution in [1.29, 1.82) is 0 Å². The van der Waals surface area contributed by atoms with Gasteiger partial charge in [-0.2, -0.15) is 4.98 Å². The van der Waals surface area contributed by atoms with Gasteiger partial charge < -0.3 is 14.8 Å². The Balaban J connectivity index is 1.63. The minimum absolute atomic E-state index is 0.342. The monoisotopic (exact) mass is 492 g/mol. The van der Waals surface area contributed by atoms with E-state index in [9.17, 15) is 4.79 Å². The van der Waals surface area contributed by atoms with Gasteiger partial charge in [-0.3, -0.25) is 0 Å². The van der Waals surface area contributed by atoms with E-state index in [2.05, 4.69) is 36.3 Å². The number of nitrogens with one attached hydrogen (secondary N) is 1. The number of carbonyl (C=O) groups is 1. The van der Waals surface area contributed by atoms with E-state index in [1.165, 1.54) is 5.56 Å². The third kappa shape index (κ3) is 5.70. The van der Waals surface area contributed by atoms with E-state index < -0.39 is 6.04 Å². The van der Waals surface area contributed by atoms with Crippen molar-refractivity contribution in [3.8, 4) is 5.75 Å². The molecule has 1 unspecified atom stereocenters. The van der Waals surface area contributed by atoms with E-state index in [0.29, 0.717) is 29.9 Å². The largest absolute Gasteiger partial charge is 0.489 e. The summed E-state index contributed by atoms with van der Waals surface area (Å²) in [5.74, 6) is 1.97. The van der Waals surface area contributed by atoms with Gasteiger partial charge in [0, 0.05) is 11.4 Å². The maximum atomic E-state index is 13.1. The number of aryl methyl sites for hydroxylation is 1. The average Bonchev–Trinajstić information content (AvgIpc) is 3.27. The number of rotatable bonds is 10. The first kappa shape index (κ1) is 24.9. The Hall–Kier alpha value is -3.26. The average molecular weight is 493 g/mol. The fraction of sp³-hybridized carbons (Fsp3) is 0.370. The minimum Gasteiger partial charge on any atom is -0.489 e. The number of fused-ring (bicyclic) bond motifs is 1. The van der Waals surface area contributed by atoms with Gasteiger partial charge in [-0.1, -0.05) is 62.0 Å². The highest BCUT2D eigenvalue weighted by atomic mass is 32.2. The second-order valence-electron chi connectivity index (χ2n) is 8.50. The Labute approximate surface area is 210 Å². The summed E-state index contributed by atoms with van der Waals surface area (Å²) in [4.78, 5) is 17.7. The molecule has 0 amide bonds. The van der Waals surface area contributed by atoms with Gasteiger partial charge in [-0.05, 0) is 55.5 Å². The van der Waals surface area contributed by atoms with Crippen molar-refractivity contribution in [1.82, 2.24) is 14.8 Å². The summed E-state index contributed by atoms with van der Waals surface area (Å²) >= 11 is 1.61. The lowest BCUT2D eigenvalue weighted by molar-refractivity contribution is -0.139. The molecular weight excluding hydrogens is 460 g/mol. The third-order valence-electron chi connectivity index (χ3n) is 5.78. The Morgan fingerprint density at radius 3 is 2.57 bits per heavy atom. The fourth-order valence-electron chi connectivity index (χ4n) is 3.91. The molecule has 1 aromatic heterocycles. The molecule has 1 N–H and O–H groups in total. The number of nitrogens with zero attached hydrogens (tertiary/aromatic N) is 3. The molecular formula is C27H32N4O3S. The zero-order valence-electron chi connectivity index (χ0n) is 20.7. The summed E-state index contributed by atoms with van der Waals surface area (Å²) in [6, 6.07) is 15.6. The first-order chi connectivity index (χ1) is 17.0. The summed E-state index contributed by atoms with van der Waals surface area (Å²) in [7, 11) is 0. The van der Waals surface area contributed by atoms with Crippen LogP contribution >= 0.6 is 11.8 Å². The standard InChI is InChI=1S/C27H32N4O3S/c1-5-15-33-25(32)23-19(4)28-26-29-27(35-16-6-2)30-31(26)24(23)20-11-13-22(14-12-20)34-17-21-10-8-7-9-18(21)3/h7-14,24H,5-6,15-17H2,1-4H3,(H,28,29,30). The van der Waals surface area contributed by atoms with Gasteiger partial charge in [0.1, 0.15) is 18.4 Å². The molecule has 0 saturated heterocycles. The summed E-state index contributed by atoms with van der Waals surface area (Å²) in [5.41, 5.74) is 4.53.